The van der Waals surface area contributed by atoms with E-state index < -0.39 is 20.6 Å². The summed E-state index contributed by atoms with van der Waals surface area (Å²) in [6.45, 7) is 0. The van der Waals surface area contributed by atoms with Crippen LogP contribution in [0.4, 0.5) is 4.39 Å². The Balaban J connectivity index is 2.42. The lowest BCUT2D eigenvalue weighted by Gasteiger charge is -1.99. The van der Waals surface area contributed by atoms with E-state index in [-0.39, 0.29) is 22.0 Å². The van der Waals surface area contributed by atoms with Crippen molar-refractivity contribution in [1.29, 1.82) is 0 Å². The van der Waals surface area contributed by atoms with E-state index in [2.05, 4.69) is 5.16 Å². The van der Waals surface area contributed by atoms with E-state index in [0.29, 0.717) is 0 Å². The quantitative estimate of drug-likeness (QED) is 0.817. The number of benzene rings is 1. The van der Waals surface area contributed by atoms with Crippen molar-refractivity contribution in [3.8, 4) is 11.3 Å². The van der Waals surface area contributed by atoms with E-state index in [1.807, 2.05) is 0 Å². The van der Waals surface area contributed by atoms with Crippen LogP contribution < -0.4 is 0 Å². The van der Waals surface area contributed by atoms with E-state index in [9.17, 15) is 12.8 Å². The van der Waals surface area contributed by atoms with Crippen molar-refractivity contribution in [3.05, 3.63) is 40.8 Å². The molecule has 1 heterocycles. The van der Waals surface area contributed by atoms with Crippen molar-refractivity contribution in [2.45, 2.75) is 5.75 Å². The highest BCUT2D eigenvalue weighted by Crippen LogP contribution is 2.31. The average molecular weight is 310 g/mol. The third-order valence-corrected chi connectivity index (χ3v) is 3.37. The molecule has 4 nitrogen and oxygen atoms in total. The molecule has 2 rings (SSSR count). The molecule has 0 N–H and O–H groups in total. The van der Waals surface area contributed by atoms with Gasteiger partial charge in [0, 0.05) is 16.7 Å². The van der Waals surface area contributed by atoms with Crippen molar-refractivity contribution >= 4 is 31.3 Å². The van der Waals surface area contributed by atoms with Crippen LogP contribution in [0.2, 0.25) is 5.02 Å². The first-order valence-corrected chi connectivity index (χ1v) is 7.55. The maximum absolute atomic E-state index is 13.6. The van der Waals surface area contributed by atoms with Crippen molar-refractivity contribution in [2.24, 2.45) is 0 Å². The number of hydrogen-bond donors (Lipinski definition) is 0. The molecule has 1 aromatic heterocycles. The van der Waals surface area contributed by atoms with Gasteiger partial charge in [-0.25, -0.2) is 12.8 Å². The van der Waals surface area contributed by atoms with E-state index >= 15 is 0 Å². The minimum atomic E-state index is -3.74. The van der Waals surface area contributed by atoms with Gasteiger partial charge in [-0.2, -0.15) is 0 Å². The van der Waals surface area contributed by atoms with Gasteiger partial charge < -0.3 is 4.52 Å². The maximum atomic E-state index is 13.6. The van der Waals surface area contributed by atoms with E-state index in [0.717, 1.165) is 0 Å². The highest BCUT2D eigenvalue weighted by Gasteiger charge is 2.17. The number of halogens is 3. The van der Waals surface area contributed by atoms with Gasteiger partial charge in [0.25, 0.3) is 0 Å². The molecule has 8 heteroatoms. The van der Waals surface area contributed by atoms with Gasteiger partial charge in [0.2, 0.25) is 9.05 Å². The first-order chi connectivity index (χ1) is 8.37. The largest absolute Gasteiger partial charge is 0.356 e. The lowest BCUT2D eigenvalue weighted by Crippen LogP contribution is -1.94. The van der Waals surface area contributed by atoms with Crippen molar-refractivity contribution < 1.29 is 17.3 Å². The fourth-order valence-electron chi connectivity index (χ4n) is 1.41. The molecule has 96 valence electrons. The Morgan fingerprint density at radius 1 is 1.39 bits per heavy atom. The van der Waals surface area contributed by atoms with Gasteiger partial charge in [0.15, 0.2) is 5.76 Å². The van der Waals surface area contributed by atoms with Crippen LogP contribution in [0.15, 0.2) is 28.8 Å². The maximum Gasteiger partial charge on any atom is 0.238 e. The lowest BCUT2D eigenvalue weighted by molar-refractivity contribution is 0.423. The summed E-state index contributed by atoms with van der Waals surface area (Å²) < 4.78 is 40.2. The Morgan fingerprint density at radius 2 is 2.11 bits per heavy atom. The Morgan fingerprint density at radius 3 is 2.72 bits per heavy atom. The van der Waals surface area contributed by atoms with E-state index in [1.165, 1.54) is 24.3 Å². The van der Waals surface area contributed by atoms with Crippen LogP contribution in [0.25, 0.3) is 11.3 Å². The summed E-state index contributed by atoms with van der Waals surface area (Å²) in [6, 6.07) is 5.42. The molecule has 0 aliphatic rings. The average Bonchev–Trinajstić information content (AvgIpc) is 2.63. The second-order valence-electron chi connectivity index (χ2n) is 3.46. The second-order valence-corrected chi connectivity index (χ2v) is 6.65. The summed E-state index contributed by atoms with van der Waals surface area (Å²) >= 11 is 5.83. The van der Waals surface area contributed by atoms with Gasteiger partial charge in [-0.3, -0.25) is 0 Å². The van der Waals surface area contributed by atoms with Crippen LogP contribution in [0.5, 0.6) is 0 Å². The fraction of sp³-hybridized carbons (Fsp3) is 0.100. The first kappa shape index (κ1) is 13.3. The second kappa shape index (κ2) is 4.87. The van der Waals surface area contributed by atoms with Crippen LogP contribution >= 0.6 is 22.3 Å². The fourth-order valence-corrected chi connectivity index (χ4v) is 2.49. The summed E-state index contributed by atoms with van der Waals surface area (Å²) in [5, 5.41) is 3.64. The van der Waals surface area contributed by atoms with Crippen molar-refractivity contribution in [2.75, 3.05) is 0 Å². The molecule has 0 radical (unpaired) electrons. The molecule has 18 heavy (non-hydrogen) atoms. The minimum Gasteiger partial charge on any atom is -0.356 e. The van der Waals surface area contributed by atoms with Gasteiger partial charge in [-0.1, -0.05) is 22.8 Å². The summed E-state index contributed by atoms with van der Waals surface area (Å²) in [7, 11) is 1.33. The zero-order valence-corrected chi connectivity index (χ0v) is 11.1. The molecular weight excluding hydrogens is 304 g/mol. The van der Waals surface area contributed by atoms with Crippen molar-refractivity contribution in [1.82, 2.24) is 5.16 Å². The summed E-state index contributed by atoms with van der Waals surface area (Å²) in [4.78, 5) is 0. The molecule has 0 aliphatic carbocycles. The third kappa shape index (κ3) is 3.01. The smallest absolute Gasteiger partial charge is 0.238 e. The minimum absolute atomic E-state index is 0.0323. The van der Waals surface area contributed by atoms with Gasteiger partial charge in [-0.15, -0.1) is 0 Å². The Hall–Kier alpha value is -1.11. The number of aromatic nitrogens is 1. The molecule has 0 saturated heterocycles. The van der Waals surface area contributed by atoms with Gasteiger partial charge in [-0.05, 0) is 12.1 Å². The number of nitrogens with zero attached hydrogens (tertiary/aromatic N) is 1. The van der Waals surface area contributed by atoms with E-state index in [1.54, 1.807) is 0 Å². The van der Waals surface area contributed by atoms with Crippen LogP contribution in [-0.2, 0) is 14.8 Å². The zero-order chi connectivity index (χ0) is 13.3. The SMILES string of the molecule is O=S(=O)(Cl)Cc1cc(-c2c(F)cccc2Cl)on1. The molecule has 0 spiro atoms. The molecule has 0 unspecified atom stereocenters. The Kier molecular flexibility index (Phi) is 3.61. The zero-order valence-electron chi connectivity index (χ0n) is 8.73. The summed E-state index contributed by atoms with van der Waals surface area (Å²) in [5.41, 5.74) is 0.115. The Bertz CT molecular complexity index is 664. The van der Waals surface area contributed by atoms with Crippen LogP contribution in [0.3, 0.4) is 0 Å². The first-order valence-electron chi connectivity index (χ1n) is 4.69. The van der Waals surface area contributed by atoms with Crippen molar-refractivity contribution in [3.63, 3.8) is 0 Å². The highest BCUT2D eigenvalue weighted by molar-refractivity contribution is 8.13. The molecule has 0 atom stereocenters. The lowest BCUT2D eigenvalue weighted by atomic mass is 10.1. The van der Waals surface area contributed by atoms with Crippen LogP contribution in [0.1, 0.15) is 5.69 Å². The third-order valence-electron chi connectivity index (χ3n) is 2.09. The molecule has 0 saturated carbocycles. The van der Waals surface area contributed by atoms with Gasteiger partial charge in [0.05, 0.1) is 10.6 Å². The van der Waals surface area contributed by atoms with Crippen LogP contribution in [-0.4, -0.2) is 13.6 Å². The number of rotatable bonds is 3. The molecule has 1 aromatic carbocycles. The monoisotopic (exact) mass is 309 g/mol. The molecular formula is C10H6Cl2FNO3S. The molecule has 0 bridgehead atoms. The molecule has 0 aliphatic heterocycles. The number of hydrogen-bond acceptors (Lipinski definition) is 4. The predicted octanol–water partition coefficient (Wildman–Crippen LogP) is 3.20. The summed E-state index contributed by atoms with van der Waals surface area (Å²) in [6.07, 6.45) is 0. The van der Waals surface area contributed by atoms with Gasteiger partial charge in [0.1, 0.15) is 17.3 Å². The molecule has 0 amide bonds. The molecule has 0 fully saturated rings. The Labute approximate surface area is 112 Å². The van der Waals surface area contributed by atoms with Gasteiger partial charge >= 0.3 is 0 Å². The van der Waals surface area contributed by atoms with Crippen LogP contribution in [0, 0.1) is 5.82 Å². The molecule has 2 aromatic rings. The topological polar surface area (TPSA) is 60.2 Å². The van der Waals surface area contributed by atoms with E-state index in [4.69, 9.17) is 26.8 Å². The summed E-state index contributed by atoms with van der Waals surface area (Å²) in [5.74, 6) is -1.03. The standard InChI is InChI=1S/C10H6Cl2FNO3S/c11-7-2-1-3-8(13)10(7)9-4-6(14-17-9)5-18(12,15)16/h1-4H,5H2. The normalized spacial score (nSPS) is 11.7. The predicted molar refractivity (Wildman–Crippen MR) is 65.4 cm³/mol. The highest BCUT2D eigenvalue weighted by atomic mass is 35.7.